The number of rotatable bonds is 8. The van der Waals surface area contributed by atoms with Gasteiger partial charge in [0.05, 0.1) is 10.3 Å². The summed E-state index contributed by atoms with van der Waals surface area (Å²) in [6.45, 7) is 9.32. The van der Waals surface area contributed by atoms with Gasteiger partial charge in [-0.1, -0.05) is 35.4 Å². The molecule has 1 saturated carbocycles. The third kappa shape index (κ3) is 6.57. The fourth-order valence-corrected chi connectivity index (χ4v) is 4.84. The van der Waals surface area contributed by atoms with Crippen LogP contribution in [0.3, 0.4) is 0 Å². The Bertz CT molecular complexity index is 1160. The number of ether oxygens (including phenoxy) is 1. The van der Waals surface area contributed by atoms with E-state index in [1.807, 2.05) is 26.0 Å². The van der Waals surface area contributed by atoms with Crippen LogP contribution in [0.4, 0.5) is 10.5 Å². The van der Waals surface area contributed by atoms with E-state index in [-0.39, 0.29) is 23.9 Å². The van der Waals surface area contributed by atoms with Crippen molar-refractivity contribution < 1.29 is 22.7 Å². The van der Waals surface area contributed by atoms with Crippen molar-refractivity contribution in [3.05, 3.63) is 59.2 Å². The zero-order valence-electron chi connectivity index (χ0n) is 20.3. The van der Waals surface area contributed by atoms with Crippen LogP contribution in [-0.2, 0) is 25.0 Å². The zero-order valence-corrected chi connectivity index (χ0v) is 21.1. The fraction of sp³-hybridized carbons (Fsp3) is 0.440. The Hall–Kier alpha value is -2.91. The molecule has 2 aromatic rings. The topological polar surface area (TPSA) is 114 Å². The van der Waals surface area contributed by atoms with Gasteiger partial charge in [0.2, 0.25) is 15.9 Å². The number of anilines is 1. The summed E-state index contributed by atoms with van der Waals surface area (Å²) in [6, 6.07) is 12.3. The molecule has 34 heavy (non-hydrogen) atoms. The number of nitrogens with one attached hydrogen (secondary N) is 3. The predicted octanol–water partition coefficient (Wildman–Crippen LogP) is 3.78. The molecule has 0 aliphatic heterocycles. The molecule has 2 amide bonds. The summed E-state index contributed by atoms with van der Waals surface area (Å²) < 4.78 is 32.9. The summed E-state index contributed by atoms with van der Waals surface area (Å²) in [4.78, 5) is 24.8. The number of sulfonamides is 1. The average molecular weight is 488 g/mol. The zero-order chi connectivity index (χ0) is 25.1. The molecule has 0 atom stereocenters. The van der Waals surface area contributed by atoms with Crippen molar-refractivity contribution in [1.29, 1.82) is 0 Å². The van der Waals surface area contributed by atoms with E-state index in [0.29, 0.717) is 5.69 Å². The lowest BCUT2D eigenvalue weighted by Crippen LogP contribution is -2.37. The number of amides is 2. The van der Waals surface area contributed by atoms with Crippen LogP contribution in [0.25, 0.3) is 0 Å². The molecule has 0 saturated heterocycles. The minimum absolute atomic E-state index is 0.00597. The smallest absolute Gasteiger partial charge is 0.407 e. The van der Waals surface area contributed by atoms with Crippen molar-refractivity contribution in [2.45, 2.75) is 63.4 Å². The van der Waals surface area contributed by atoms with Crippen LogP contribution in [0, 0.1) is 13.8 Å². The number of hydrogen-bond donors (Lipinski definition) is 3. The molecule has 8 nitrogen and oxygen atoms in total. The van der Waals surface area contributed by atoms with Crippen molar-refractivity contribution >= 4 is 27.7 Å². The van der Waals surface area contributed by atoms with E-state index in [1.165, 1.54) is 12.1 Å². The number of hydrogen-bond acceptors (Lipinski definition) is 5. The molecule has 3 N–H and O–H groups in total. The number of carbonyl (C=O) groups excluding carboxylic acids is 2. The van der Waals surface area contributed by atoms with Crippen molar-refractivity contribution in [2.24, 2.45) is 0 Å². The molecule has 2 aromatic carbocycles. The van der Waals surface area contributed by atoms with Crippen molar-refractivity contribution in [3.63, 3.8) is 0 Å². The van der Waals surface area contributed by atoms with Gasteiger partial charge < -0.3 is 15.4 Å². The van der Waals surface area contributed by atoms with Gasteiger partial charge in [-0.15, -0.1) is 0 Å². The van der Waals surface area contributed by atoms with E-state index in [0.717, 1.165) is 29.5 Å². The van der Waals surface area contributed by atoms with E-state index in [1.54, 1.807) is 32.9 Å². The summed E-state index contributed by atoms with van der Waals surface area (Å²) in [5, 5.41) is 5.40. The summed E-state index contributed by atoms with van der Waals surface area (Å²) in [5.74, 6) is -0.137. The van der Waals surface area contributed by atoms with E-state index < -0.39 is 27.1 Å². The molecule has 1 aliphatic carbocycles. The molecule has 0 bridgehead atoms. The summed E-state index contributed by atoms with van der Waals surface area (Å²) in [7, 11) is -3.83. The molecule has 9 heteroatoms. The maximum atomic E-state index is 13.1. The molecule has 0 spiro atoms. The lowest BCUT2D eigenvalue weighted by molar-refractivity contribution is -0.118. The van der Waals surface area contributed by atoms with Crippen LogP contribution in [-0.4, -0.2) is 39.1 Å². The highest BCUT2D eigenvalue weighted by Crippen LogP contribution is 2.49. The van der Waals surface area contributed by atoms with Crippen LogP contribution < -0.4 is 15.4 Å². The van der Waals surface area contributed by atoms with Crippen molar-refractivity contribution in [2.75, 3.05) is 18.4 Å². The van der Waals surface area contributed by atoms with Gasteiger partial charge in [0.25, 0.3) is 0 Å². The Balaban J connectivity index is 1.62. The highest BCUT2D eigenvalue weighted by atomic mass is 32.2. The Morgan fingerprint density at radius 2 is 1.65 bits per heavy atom. The Labute approximate surface area is 201 Å². The van der Waals surface area contributed by atoms with Crippen LogP contribution in [0.2, 0.25) is 0 Å². The maximum Gasteiger partial charge on any atom is 0.407 e. The number of aryl methyl sites for hydroxylation is 2. The second-order valence-corrected chi connectivity index (χ2v) is 11.5. The van der Waals surface area contributed by atoms with Crippen LogP contribution in [0.15, 0.2) is 47.4 Å². The second-order valence-electron chi connectivity index (χ2n) is 9.77. The van der Waals surface area contributed by atoms with E-state index in [9.17, 15) is 18.0 Å². The summed E-state index contributed by atoms with van der Waals surface area (Å²) in [5.41, 5.74) is 2.41. The lowest BCUT2D eigenvalue weighted by atomic mass is 9.92. The fourth-order valence-electron chi connectivity index (χ4n) is 3.76. The van der Waals surface area contributed by atoms with Crippen LogP contribution in [0.1, 0.15) is 50.3 Å². The molecular formula is C25H33N3O5S. The third-order valence-corrected chi connectivity index (χ3v) is 6.91. The number of benzene rings is 2. The molecule has 0 aromatic heterocycles. The Morgan fingerprint density at radius 1 is 1.00 bits per heavy atom. The average Bonchev–Trinajstić information content (AvgIpc) is 3.52. The van der Waals surface area contributed by atoms with Crippen LogP contribution in [0.5, 0.6) is 0 Å². The van der Waals surface area contributed by atoms with Gasteiger partial charge in [0, 0.05) is 18.8 Å². The van der Waals surface area contributed by atoms with Gasteiger partial charge in [-0.05, 0) is 71.2 Å². The molecule has 0 unspecified atom stereocenters. The Kier molecular flexibility index (Phi) is 7.38. The molecular weight excluding hydrogens is 454 g/mol. The maximum absolute atomic E-state index is 13.1. The Morgan fingerprint density at radius 3 is 2.24 bits per heavy atom. The van der Waals surface area contributed by atoms with Gasteiger partial charge in [0.1, 0.15) is 5.60 Å². The normalized spacial score (nSPS) is 14.9. The molecule has 1 fully saturated rings. The highest BCUT2D eigenvalue weighted by Gasteiger charge is 2.51. The molecule has 3 rings (SSSR count). The minimum atomic E-state index is -3.83. The standard InChI is InChI=1S/C25H33N3O5S/c1-17-13-18(2)15-19(14-17)25(9-10-25)22(29)28-20-7-6-8-21(16-20)34(31,32)27-12-11-26-23(30)33-24(3,4)5/h6-8,13-16,27H,9-12H2,1-5H3,(H,26,30)(H,28,29). The van der Waals surface area contributed by atoms with Crippen molar-refractivity contribution in [1.82, 2.24) is 10.0 Å². The van der Waals surface area contributed by atoms with E-state index in [4.69, 9.17) is 4.74 Å². The van der Waals surface area contributed by atoms with Gasteiger partial charge in [-0.3, -0.25) is 4.79 Å². The SMILES string of the molecule is Cc1cc(C)cc(C2(C(=O)Nc3cccc(S(=O)(=O)NCCNC(=O)OC(C)(C)C)c3)CC2)c1. The molecule has 0 radical (unpaired) electrons. The first-order valence-corrected chi connectivity index (χ1v) is 12.8. The first kappa shape index (κ1) is 25.7. The monoisotopic (exact) mass is 487 g/mol. The van der Waals surface area contributed by atoms with Gasteiger partial charge in [0.15, 0.2) is 0 Å². The second kappa shape index (κ2) is 9.76. The van der Waals surface area contributed by atoms with Gasteiger partial charge in [-0.25, -0.2) is 17.9 Å². The summed E-state index contributed by atoms with van der Waals surface area (Å²) in [6.07, 6.45) is 0.895. The third-order valence-electron chi connectivity index (χ3n) is 5.45. The molecule has 184 valence electrons. The summed E-state index contributed by atoms with van der Waals surface area (Å²) >= 11 is 0. The first-order chi connectivity index (χ1) is 15.8. The van der Waals surface area contributed by atoms with Crippen molar-refractivity contribution in [3.8, 4) is 0 Å². The largest absolute Gasteiger partial charge is 0.444 e. The highest BCUT2D eigenvalue weighted by molar-refractivity contribution is 7.89. The number of alkyl carbamates (subject to hydrolysis) is 1. The molecule has 1 aliphatic rings. The quantitative estimate of drug-likeness (QED) is 0.491. The molecule has 0 heterocycles. The predicted molar refractivity (Wildman–Crippen MR) is 131 cm³/mol. The number of carbonyl (C=O) groups is 2. The first-order valence-electron chi connectivity index (χ1n) is 11.3. The van der Waals surface area contributed by atoms with Gasteiger partial charge >= 0.3 is 6.09 Å². The lowest BCUT2D eigenvalue weighted by Gasteiger charge is -2.19. The van der Waals surface area contributed by atoms with Crippen LogP contribution >= 0.6 is 0 Å². The minimum Gasteiger partial charge on any atom is -0.444 e. The van der Waals surface area contributed by atoms with Gasteiger partial charge in [-0.2, -0.15) is 0 Å². The van der Waals surface area contributed by atoms with E-state index in [2.05, 4.69) is 21.4 Å². The van der Waals surface area contributed by atoms with E-state index >= 15 is 0 Å².